The fraction of sp³-hybridized carbons (Fsp3) is 0.850. The maximum Gasteiger partial charge on any atom is 0.330 e. The molecule has 138 valence electrons. The Morgan fingerprint density at radius 1 is 0.957 bits per heavy atom. The van der Waals surface area contributed by atoms with Crippen molar-refractivity contribution in [1.82, 2.24) is 0 Å². The number of aliphatic carboxylic acids is 1. The van der Waals surface area contributed by atoms with Gasteiger partial charge >= 0.3 is 5.97 Å². The molecule has 2 unspecified atom stereocenters. The van der Waals surface area contributed by atoms with Crippen molar-refractivity contribution in [2.24, 2.45) is 11.8 Å². The van der Waals surface area contributed by atoms with Crippen LogP contribution in [0, 0.1) is 11.8 Å². The van der Waals surface area contributed by atoms with E-state index in [1.807, 2.05) is 0 Å². The Kier molecular flexibility index (Phi) is 18.6. The zero-order valence-electron chi connectivity index (χ0n) is 16.2. The van der Waals surface area contributed by atoms with Crippen LogP contribution in [-0.4, -0.2) is 24.3 Å². The van der Waals surface area contributed by atoms with Crippen LogP contribution in [0.3, 0.4) is 0 Å². The second-order valence-electron chi connectivity index (χ2n) is 6.46. The smallest absolute Gasteiger partial charge is 0.330 e. The predicted molar refractivity (Wildman–Crippen MR) is 99.9 cm³/mol. The van der Waals surface area contributed by atoms with Crippen molar-refractivity contribution in [1.29, 1.82) is 0 Å². The summed E-state index contributed by atoms with van der Waals surface area (Å²) in [6, 6.07) is 0. The number of unbranched alkanes of at least 4 members (excludes halogenated alkanes) is 2. The summed E-state index contributed by atoms with van der Waals surface area (Å²) in [7, 11) is 0. The molecule has 0 spiro atoms. The first-order valence-corrected chi connectivity index (χ1v) is 9.39. The summed E-state index contributed by atoms with van der Waals surface area (Å²) >= 11 is 0. The molecule has 3 nitrogen and oxygen atoms in total. The first kappa shape index (κ1) is 24.4. The lowest BCUT2D eigenvalue weighted by molar-refractivity contribution is -0.132. The molecule has 0 aromatic rings. The number of rotatable bonds is 13. The average Bonchev–Trinajstić information content (AvgIpc) is 2.54. The number of carboxylic acid groups (broad SMARTS) is 1. The predicted octanol–water partition coefficient (Wildman–Crippen LogP) is 6.08. The minimum absolute atomic E-state index is 0.176. The zero-order chi connectivity index (χ0) is 18.1. The van der Waals surface area contributed by atoms with Gasteiger partial charge in [0.05, 0.1) is 0 Å². The van der Waals surface area contributed by atoms with Gasteiger partial charge in [-0.15, -0.1) is 0 Å². The number of hydrogen-bond donors (Lipinski definition) is 1. The van der Waals surface area contributed by atoms with Crippen molar-refractivity contribution in [3.05, 3.63) is 12.2 Å². The Labute approximate surface area is 144 Å². The van der Waals surface area contributed by atoms with E-state index in [0.29, 0.717) is 0 Å². The second-order valence-corrected chi connectivity index (χ2v) is 6.46. The summed E-state index contributed by atoms with van der Waals surface area (Å²) in [5.74, 6) is 0.646. The minimum atomic E-state index is -0.935. The zero-order valence-corrected chi connectivity index (χ0v) is 16.2. The molecular weight excluding hydrogens is 288 g/mol. The van der Waals surface area contributed by atoms with Crippen LogP contribution < -0.4 is 0 Å². The highest BCUT2D eigenvalue weighted by Crippen LogP contribution is 2.16. The highest BCUT2D eigenvalue weighted by atomic mass is 16.5. The largest absolute Gasteiger partial charge is 0.478 e. The van der Waals surface area contributed by atoms with Crippen molar-refractivity contribution in [3.63, 3.8) is 0 Å². The quantitative estimate of drug-likeness (QED) is 0.416. The molecule has 0 bridgehead atoms. The van der Waals surface area contributed by atoms with Gasteiger partial charge in [-0.05, 0) is 31.6 Å². The Hall–Kier alpha value is -0.830. The van der Waals surface area contributed by atoms with E-state index in [4.69, 9.17) is 9.84 Å². The van der Waals surface area contributed by atoms with Gasteiger partial charge in [0.1, 0.15) is 0 Å². The Morgan fingerprint density at radius 3 is 1.52 bits per heavy atom. The summed E-state index contributed by atoms with van der Waals surface area (Å²) in [6.45, 7) is 15.7. The molecule has 0 aliphatic rings. The van der Waals surface area contributed by atoms with Crippen LogP contribution >= 0.6 is 0 Å². The maximum atomic E-state index is 9.60. The van der Waals surface area contributed by atoms with E-state index >= 15 is 0 Å². The molecule has 0 heterocycles. The number of ether oxygens (including phenoxy) is 1. The molecule has 23 heavy (non-hydrogen) atoms. The Morgan fingerprint density at radius 2 is 1.30 bits per heavy atom. The summed E-state index contributed by atoms with van der Waals surface area (Å²) in [5, 5.41) is 7.89. The summed E-state index contributed by atoms with van der Waals surface area (Å²) in [5.41, 5.74) is 0.176. The van der Waals surface area contributed by atoms with Crippen LogP contribution in [0.15, 0.2) is 12.2 Å². The fourth-order valence-electron chi connectivity index (χ4n) is 2.20. The summed E-state index contributed by atoms with van der Waals surface area (Å²) in [6.07, 6.45) is 10.6. The van der Waals surface area contributed by atoms with Gasteiger partial charge in [0, 0.05) is 18.8 Å². The van der Waals surface area contributed by atoms with E-state index in [1.165, 1.54) is 58.3 Å². The van der Waals surface area contributed by atoms with Crippen LogP contribution in [0.4, 0.5) is 0 Å². The maximum absolute atomic E-state index is 9.60. The molecule has 0 aliphatic heterocycles. The molecular formula is C20H40O3. The number of carboxylic acids is 1. The molecule has 0 saturated carbocycles. The fourth-order valence-corrected chi connectivity index (χ4v) is 2.20. The van der Waals surface area contributed by atoms with Crippen molar-refractivity contribution < 1.29 is 14.6 Å². The third-order valence-electron chi connectivity index (χ3n) is 4.16. The molecule has 3 heteroatoms. The Bertz CT molecular complexity index is 259. The van der Waals surface area contributed by atoms with E-state index in [9.17, 15) is 4.79 Å². The van der Waals surface area contributed by atoms with Gasteiger partial charge in [-0.25, -0.2) is 4.79 Å². The first-order valence-electron chi connectivity index (χ1n) is 9.39. The lowest BCUT2D eigenvalue weighted by atomic mass is 9.99. The van der Waals surface area contributed by atoms with E-state index in [0.717, 1.165) is 25.0 Å². The van der Waals surface area contributed by atoms with Gasteiger partial charge in [0.2, 0.25) is 0 Å². The summed E-state index contributed by atoms with van der Waals surface area (Å²) in [4.78, 5) is 9.60. The standard InChI is InChI=1S/C16H34O.C4H6O2/c1-5-9-11-15(7-3)13-17-14-16(8-4)12-10-6-2;1-3(2)4(5)6/h15-16H,5-14H2,1-4H3;1H2,2H3,(H,5,6). The molecule has 0 fully saturated rings. The molecule has 1 N–H and O–H groups in total. The molecule has 0 rings (SSSR count). The third-order valence-corrected chi connectivity index (χ3v) is 4.16. The molecule has 0 amide bonds. The molecule has 0 radical (unpaired) electrons. The van der Waals surface area contributed by atoms with Crippen LogP contribution in [-0.2, 0) is 9.53 Å². The van der Waals surface area contributed by atoms with E-state index < -0.39 is 5.97 Å². The molecule has 0 saturated heterocycles. The minimum Gasteiger partial charge on any atom is -0.478 e. The molecule has 0 aromatic heterocycles. The highest BCUT2D eigenvalue weighted by molar-refractivity contribution is 5.84. The van der Waals surface area contributed by atoms with Crippen molar-refractivity contribution in [2.75, 3.05) is 13.2 Å². The van der Waals surface area contributed by atoms with Gasteiger partial charge in [-0.1, -0.05) is 72.8 Å². The average molecular weight is 329 g/mol. The highest BCUT2D eigenvalue weighted by Gasteiger charge is 2.09. The van der Waals surface area contributed by atoms with Gasteiger partial charge in [0.25, 0.3) is 0 Å². The molecule has 2 atom stereocenters. The van der Waals surface area contributed by atoms with Crippen LogP contribution in [0.5, 0.6) is 0 Å². The SMILES string of the molecule is C=C(C)C(=O)O.CCCCC(CC)COCC(CC)CCCC. The molecule has 0 aromatic carbocycles. The van der Waals surface area contributed by atoms with Crippen LogP contribution in [0.2, 0.25) is 0 Å². The van der Waals surface area contributed by atoms with Gasteiger partial charge in [-0.2, -0.15) is 0 Å². The Balaban J connectivity index is 0. The van der Waals surface area contributed by atoms with E-state index in [-0.39, 0.29) is 5.57 Å². The van der Waals surface area contributed by atoms with E-state index in [1.54, 1.807) is 0 Å². The third kappa shape index (κ3) is 17.4. The summed E-state index contributed by atoms with van der Waals surface area (Å²) < 4.78 is 5.93. The topological polar surface area (TPSA) is 46.5 Å². The second kappa shape index (κ2) is 17.5. The monoisotopic (exact) mass is 328 g/mol. The van der Waals surface area contributed by atoms with Crippen LogP contribution in [0.1, 0.15) is 86.0 Å². The number of carbonyl (C=O) groups is 1. The number of hydrogen-bond acceptors (Lipinski definition) is 2. The lowest BCUT2D eigenvalue weighted by Gasteiger charge is -2.18. The van der Waals surface area contributed by atoms with E-state index in [2.05, 4.69) is 34.3 Å². The first-order chi connectivity index (χ1) is 10.9. The van der Waals surface area contributed by atoms with Crippen LogP contribution in [0.25, 0.3) is 0 Å². The van der Waals surface area contributed by atoms with Gasteiger partial charge in [0.15, 0.2) is 0 Å². The van der Waals surface area contributed by atoms with Crippen molar-refractivity contribution >= 4 is 5.97 Å². The van der Waals surface area contributed by atoms with Crippen molar-refractivity contribution in [2.45, 2.75) is 86.0 Å². The molecule has 0 aliphatic carbocycles. The normalized spacial score (nSPS) is 12.9. The van der Waals surface area contributed by atoms with Gasteiger partial charge < -0.3 is 9.84 Å². The van der Waals surface area contributed by atoms with Gasteiger partial charge in [-0.3, -0.25) is 0 Å². The van der Waals surface area contributed by atoms with Crippen molar-refractivity contribution in [3.8, 4) is 0 Å². The lowest BCUT2D eigenvalue weighted by Crippen LogP contribution is -2.14.